The number of hydrogen-bond acceptors (Lipinski definition) is 7. The number of anilines is 1. The minimum Gasteiger partial charge on any atom is -0.427 e. The quantitative estimate of drug-likeness (QED) is 0.320. The van der Waals surface area contributed by atoms with E-state index in [1.807, 2.05) is 30.7 Å². The molecule has 0 bridgehead atoms. The largest absolute Gasteiger partial charge is 0.459 e. The van der Waals surface area contributed by atoms with Gasteiger partial charge in [0, 0.05) is 41.9 Å². The van der Waals surface area contributed by atoms with Gasteiger partial charge in [0.2, 0.25) is 0 Å². The lowest BCUT2D eigenvalue weighted by molar-refractivity contribution is 0.256. The Morgan fingerprint density at radius 1 is 1.16 bits per heavy atom. The van der Waals surface area contributed by atoms with E-state index in [-0.39, 0.29) is 23.2 Å². The maximum atomic E-state index is 13.0. The summed E-state index contributed by atoms with van der Waals surface area (Å²) < 4.78 is 30.7. The van der Waals surface area contributed by atoms with Crippen molar-refractivity contribution in [3.63, 3.8) is 0 Å². The van der Waals surface area contributed by atoms with Gasteiger partial charge in [0.1, 0.15) is 0 Å². The van der Waals surface area contributed by atoms with Crippen LogP contribution in [-0.4, -0.2) is 46.0 Å². The van der Waals surface area contributed by atoms with Gasteiger partial charge in [-0.2, -0.15) is 13.5 Å². The van der Waals surface area contributed by atoms with Gasteiger partial charge in [-0.25, -0.2) is 9.52 Å². The van der Waals surface area contributed by atoms with Gasteiger partial charge in [0.25, 0.3) is 15.6 Å². The second kappa shape index (κ2) is 10.4. The lowest BCUT2D eigenvalue weighted by atomic mass is 9.60. The number of carbonyl (C=O) groups excluding carboxylic acids is 1. The molecule has 13 heteroatoms. The molecule has 2 heterocycles. The minimum absolute atomic E-state index is 0.00611. The van der Waals surface area contributed by atoms with Gasteiger partial charge in [-0.3, -0.25) is 9.48 Å². The van der Waals surface area contributed by atoms with E-state index in [4.69, 9.17) is 0 Å². The zero-order valence-electron chi connectivity index (χ0n) is 21.8. The first-order chi connectivity index (χ1) is 17.8. The zero-order chi connectivity index (χ0) is 27.8. The maximum Gasteiger partial charge on any atom is 0.459 e. The predicted molar refractivity (Wildman–Crippen MR) is 144 cm³/mol. The molecule has 1 aromatic carbocycles. The van der Waals surface area contributed by atoms with E-state index in [0.29, 0.717) is 23.2 Å². The summed E-state index contributed by atoms with van der Waals surface area (Å²) in [5, 5.41) is 24.4. The highest BCUT2D eigenvalue weighted by Gasteiger charge is 2.33. The summed E-state index contributed by atoms with van der Waals surface area (Å²) in [6.07, 6.45) is 5.55. The van der Waals surface area contributed by atoms with Gasteiger partial charge in [-0.15, -0.1) is 0 Å². The van der Waals surface area contributed by atoms with Crippen LogP contribution in [0.25, 0.3) is 11.1 Å². The molecule has 0 atom stereocenters. The van der Waals surface area contributed by atoms with Crippen LogP contribution in [-0.2, 0) is 29.4 Å². The number of urea groups is 1. The highest BCUT2D eigenvalue weighted by molar-refractivity contribution is 7.90. The van der Waals surface area contributed by atoms with Crippen LogP contribution in [0.3, 0.4) is 0 Å². The Morgan fingerprint density at radius 2 is 1.89 bits per heavy atom. The first-order valence-electron chi connectivity index (χ1n) is 12.4. The Morgan fingerprint density at radius 3 is 2.55 bits per heavy atom. The van der Waals surface area contributed by atoms with Crippen molar-refractivity contribution in [2.75, 3.05) is 5.32 Å². The van der Waals surface area contributed by atoms with Gasteiger partial charge in [0.15, 0.2) is 5.03 Å². The van der Waals surface area contributed by atoms with Crippen LogP contribution in [0.2, 0.25) is 5.31 Å². The molecule has 4 N–H and O–H groups in total. The molecule has 1 aliphatic rings. The first kappa shape index (κ1) is 27.6. The number of nitrogens with one attached hydrogen (secondary N) is 2. The zero-order valence-corrected chi connectivity index (χ0v) is 22.6. The lowest BCUT2D eigenvalue weighted by Gasteiger charge is -2.22. The standard InChI is InChI=1S/C25H32BN5O6S/c1-16(2)31-13-10-18(14-22(31)32)20-9-8-17-6-5-7-19(17)23(20)27-24(33)29-38(36,37)21-11-12-30(28-21)15-25(3,4)26(34)35/h8-14,16,34-35H,5-7,15H2,1-4H3,(H2,27,29,33). The molecular formula is C25H32BN5O6S. The third-order valence-electron chi connectivity index (χ3n) is 6.72. The first-order valence-corrected chi connectivity index (χ1v) is 13.9. The average molecular weight is 541 g/mol. The Hall–Kier alpha value is -3.42. The number of pyridine rings is 1. The van der Waals surface area contributed by atoms with E-state index in [9.17, 15) is 28.1 Å². The van der Waals surface area contributed by atoms with E-state index in [0.717, 1.165) is 24.0 Å². The number of benzene rings is 1. The summed E-state index contributed by atoms with van der Waals surface area (Å²) >= 11 is 0. The highest BCUT2D eigenvalue weighted by Crippen LogP contribution is 2.37. The Kier molecular flexibility index (Phi) is 7.55. The van der Waals surface area contributed by atoms with Crippen LogP contribution in [0.5, 0.6) is 0 Å². The second-order valence-corrected chi connectivity index (χ2v) is 12.1. The van der Waals surface area contributed by atoms with Crippen LogP contribution in [0.1, 0.15) is 51.3 Å². The van der Waals surface area contributed by atoms with Gasteiger partial charge in [0.05, 0.1) is 5.69 Å². The fourth-order valence-electron chi connectivity index (χ4n) is 4.52. The maximum absolute atomic E-state index is 13.0. The molecule has 202 valence electrons. The Labute approximate surface area is 221 Å². The molecule has 0 fully saturated rings. The van der Waals surface area contributed by atoms with Crippen LogP contribution >= 0.6 is 0 Å². The van der Waals surface area contributed by atoms with Crippen LogP contribution in [0.4, 0.5) is 10.5 Å². The number of hydrogen-bond donors (Lipinski definition) is 4. The predicted octanol–water partition coefficient (Wildman–Crippen LogP) is 2.54. The lowest BCUT2D eigenvalue weighted by Crippen LogP contribution is -2.35. The fourth-order valence-corrected chi connectivity index (χ4v) is 5.37. The molecule has 38 heavy (non-hydrogen) atoms. The van der Waals surface area contributed by atoms with Gasteiger partial charge in [-0.1, -0.05) is 26.0 Å². The van der Waals surface area contributed by atoms with Gasteiger partial charge < -0.3 is 19.9 Å². The molecule has 3 aromatic rings. The van der Waals surface area contributed by atoms with Crippen molar-refractivity contribution in [2.45, 2.75) is 69.9 Å². The summed E-state index contributed by atoms with van der Waals surface area (Å²) in [4.78, 5) is 25.6. The molecule has 2 aromatic heterocycles. The number of sulfonamides is 1. The monoisotopic (exact) mass is 541 g/mol. The van der Waals surface area contributed by atoms with Crippen molar-refractivity contribution in [1.82, 2.24) is 19.1 Å². The molecule has 0 saturated heterocycles. The summed E-state index contributed by atoms with van der Waals surface area (Å²) in [6, 6.07) is 7.38. The van der Waals surface area contributed by atoms with E-state index < -0.39 is 28.5 Å². The fraction of sp³-hybridized carbons (Fsp3) is 0.400. The molecule has 1 aliphatic carbocycles. The van der Waals surface area contributed by atoms with Crippen LogP contribution in [0.15, 0.2) is 52.5 Å². The van der Waals surface area contributed by atoms with Crippen molar-refractivity contribution in [3.8, 4) is 11.1 Å². The number of aromatic nitrogens is 3. The molecular weight excluding hydrogens is 509 g/mol. The number of fused-ring (bicyclic) bond motifs is 1. The van der Waals surface area contributed by atoms with Crippen LogP contribution in [0, 0.1) is 0 Å². The SMILES string of the molecule is CC(C)n1ccc(-c2ccc3c(c2NC(=O)NS(=O)(=O)c2ccn(CC(C)(C)B(O)O)n2)CCC3)cc1=O. The topological polar surface area (TPSA) is 156 Å². The molecule has 4 rings (SSSR count). The van der Waals surface area contributed by atoms with E-state index >= 15 is 0 Å². The Bertz CT molecular complexity index is 1530. The summed E-state index contributed by atoms with van der Waals surface area (Å²) in [7, 11) is -5.95. The number of rotatable bonds is 8. The Balaban J connectivity index is 1.59. The van der Waals surface area contributed by atoms with E-state index in [1.54, 1.807) is 30.7 Å². The number of nitrogens with zero attached hydrogens (tertiary/aromatic N) is 3. The van der Waals surface area contributed by atoms with Crippen molar-refractivity contribution >= 4 is 28.9 Å². The molecule has 0 spiro atoms. The van der Waals surface area contributed by atoms with Gasteiger partial charge in [-0.05, 0) is 61.9 Å². The smallest absolute Gasteiger partial charge is 0.427 e. The van der Waals surface area contributed by atoms with Crippen molar-refractivity contribution < 1.29 is 23.3 Å². The average Bonchev–Trinajstić information content (AvgIpc) is 3.48. The van der Waals surface area contributed by atoms with Gasteiger partial charge >= 0.3 is 13.1 Å². The summed E-state index contributed by atoms with van der Waals surface area (Å²) in [5.74, 6) is 0. The summed E-state index contributed by atoms with van der Waals surface area (Å²) in [5.41, 5.74) is 3.52. The molecule has 2 amide bonds. The summed E-state index contributed by atoms with van der Waals surface area (Å²) in [6.45, 7) is 7.06. The minimum atomic E-state index is -4.32. The number of carbonyl (C=O) groups is 1. The van der Waals surface area contributed by atoms with Crippen molar-refractivity contribution in [1.29, 1.82) is 0 Å². The molecule has 0 aliphatic heterocycles. The number of amides is 2. The molecule has 11 nitrogen and oxygen atoms in total. The number of aryl methyl sites for hydroxylation is 1. The molecule has 0 radical (unpaired) electrons. The van der Waals surface area contributed by atoms with Crippen molar-refractivity contribution in [2.24, 2.45) is 0 Å². The normalized spacial score (nSPS) is 13.4. The third kappa shape index (κ3) is 5.69. The van der Waals surface area contributed by atoms with E-state index in [1.165, 1.54) is 23.0 Å². The third-order valence-corrected chi connectivity index (χ3v) is 7.95. The second-order valence-electron chi connectivity index (χ2n) is 10.5. The molecule has 0 unspecified atom stereocenters. The van der Waals surface area contributed by atoms with Crippen molar-refractivity contribution in [3.05, 3.63) is 64.2 Å². The molecule has 0 saturated carbocycles. The van der Waals surface area contributed by atoms with Crippen LogP contribution < -0.4 is 15.6 Å². The highest BCUT2D eigenvalue weighted by atomic mass is 32.2. The van der Waals surface area contributed by atoms with E-state index in [2.05, 4.69) is 10.4 Å².